The van der Waals surface area contributed by atoms with Crippen LogP contribution in [0.25, 0.3) is 0 Å². The highest BCUT2D eigenvalue weighted by molar-refractivity contribution is 5.74. The van der Waals surface area contributed by atoms with Gasteiger partial charge < -0.3 is 15.0 Å². The highest BCUT2D eigenvalue weighted by atomic mass is 16.5. The topological polar surface area (TPSA) is 41.6 Å². The SMILES string of the molecule is COC(=O)[C@H](C)NCCN1CCCC1. The molecule has 0 aliphatic carbocycles. The van der Waals surface area contributed by atoms with Crippen LogP contribution in [0.1, 0.15) is 19.8 Å². The highest BCUT2D eigenvalue weighted by Crippen LogP contribution is 2.05. The fourth-order valence-corrected chi connectivity index (χ4v) is 1.71. The third-order valence-electron chi connectivity index (χ3n) is 2.63. The summed E-state index contributed by atoms with van der Waals surface area (Å²) in [6, 6.07) is -0.192. The number of nitrogens with zero attached hydrogens (tertiary/aromatic N) is 1. The van der Waals surface area contributed by atoms with Gasteiger partial charge in [0.15, 0.2) is 0 Å². The summed E-state index contributed by atoms with van der Waals surface area (Å²) in [5.74, 6) is -0.188. The predicted molar refractivity (Wildman–Crippen MR) is 55.2 cm³/mol. The number of ether oxygens (including phenoxy) is 1. The average molecular weight is 200 g/mol. The third kappa shape index (κ3) is 3.64. The molecule has 82 valence electrons. The maximum Gasteiger partial charge on any atom is 0.322 e. The summed E-state index contributed by atoms with van der Waals surface area (Å²) in [4.78, 5) is 13.5. The molecule has 1 N–H and O–H groups in total. The Hall–Kier alpha value is -0.610. The van der Waals surface area contributed by atoms with Gasteiger partial charge in [0.05, 0.1) is 7.11 Å². The fourth-order valence-electron chi connectivity index (χ4n) is 1.71. The van der Waals surface area contributed by atoms with Crippen LogP contribution in [0, 0.1) is 0 Å². The summed E-state index contributed by atoms with van der Waals surface area (Å²) in [5, 5.41) is 3.14. The minimum Gasteiger partial charge on any atom is -0.468 e. The smallest absolute Gasteiger partial charge is 0.322 e. The van der Waals surface area contributed by atoms with Crippen LogP contribution in [0.5, 0.6) is 0 Å². The summed E-state index contributed by atoms with van der Waals surface area (Å²) in [5.41, 5.74) is 0. The van der Waals surface area contributed by atoms with Crippen molar-refractivity contribution in [1.82, 2.24) is 10.2 Å². The minimum atomic E-state index is -0.192. The largest absolute Gasteiger partial charge is 0.468 e. The zero-order valence-corrected chi connectivity index (χ0v) is 9.08. The van der Waals surface area contributed by atoms with Crippen molar-refractivity contribution in [2.75, 3.05) is 33.3 Å². The molecule has 0 aromatic heterocycles. The van der Waals surface area contributed by atoms with Crippen LogP contribution in [0.4, 0.5) is 0 Å². The van der Waals surface area contributed by atoms with E-state index in [1.807, 2.05) is 6.92 Å². The first-order valence-electron chi connectivity index (χ1n) is 5.27. The Morgan fingerprint density at radius 2 is 2.14 bits per heavy atom. The van der Waals surface area contributed by atoms with Crippen LogP contribution in [-0.4, -0.2) is 50.2 Å². The van der Waals surface area contributed by atoms with Crippen molar-refractivity contribution in [3.63, 3.8) is 0 Å². The third-order valence-corrected chi connectivity index (χ3v) is 2.63. The second kappa shape index (κ2) is 5.98. The van der Waals surface area contributed by atoms with E-state index in [0.717, 1.165) is 13.1 Å². The monoisotopic (exact) mass is 200 g/mol. The number of hydrogen-bond donors (Lipinski definition) is 1. The fraction of sp³-hybridized carbons (Fsp3) is 0.900. The molecule has 0 saturated carbocycles. The Kier molecular flexibility index (Phi) is 4.90. The summed E-state index contributed by atoms with van der Waals surface area (Å²) in [6.45, 7) is 6.12. The van der Waals surface area contributed by atoms with Crippen molar-refractivity contribution in [2.45, 2.75) is 25.8 Å². The molecule has 1 aliphatic rings. The first kappa shape index (κ1) is 11.5. The highest BCUT2D eigenvalue weighted by Gasteiger charge is 2.14. The van der Waals surface area contributed by atoms with Crippen LogP contribution in [0.3, 0.4) is 0 Å². The first-order valence-corrected chi connectivity index (χ1v) is 5.27. The molecule has 0 spiro atoms. The zero-order valence-electron chi connectivity index (χ0n) is 9.08. The summed E-state index contributed by atoms with van der Waals surface area (Å²) in [7, 11) is 1.42. The number of nitrogens with one attached hydrogen (secondary N) is 1. The molecule has 4 heteroatoms. The van der Waals surface area contributed by atoms with Gasteiger partial charge in [-0.3, -0.25) is 4.79 Å². The van der Waals surface area contributed by atoms with Gasteiger partial charge in [0.25, 0.3) is 0 Å². The Bertz CT molecular complexity index is 179. The molecular formula is C10H20N2O2. The molecule has 0 aromatic rings. The standard InChI is InChI=1S/C10H20N2O2/c1-9(10(13)14-2)11-5-8-12-6-3-4-7-12/h9,11H,3-8H2,1-2H3/t9-/m0/s1. The van der Waals surface area contributed by atoms with Gasteiger partial charge in [-0.2, -0.15) is 0 Å². The van der Waals surface area contributed by atoms with Gasteiger partial charge in [-0.1, -0.05) is 0 Å². The molecule has 4 nitrogen and oxygen atoms in total. The van der Waals surface area contributed by atoms with E-state index in [9.17, 15) is 4.79 Å². The van der Waals surface area contributed by atoms with E-state index >= 15 is 0 Å². The van der Waals surface area contributed by atoms with Crippen molar-refractivity contribution in [3.8, 4) is 0 Å². The Balaban J connectivity index is 2.05. The molecule has 1 saturated heterocycles. The lowest BCUT2D eigenvalue weighted by molar-refractivity contribution is -0.142. The zero-order chi connectivity index (χ0) is 10.4. The lowest BCUT2D eigenvalue weighted by Gasteiger charge is -2.16. The maximum atomic E-state index is 11.0. The lowest BCUT2D eigenvalue weighted by atomic mass is 10.3. The summed E-state index contributed by atoms with van der Waals surface area (Å²) in [6.07, 6.45) is 2.62. The second-order valence-corrected chi connectivity index (χ2v) is 3.75. The van der Waals surface area contributed by atoms with Gasteiger partial charge in [0.2, 0.25) is 0 Å². The molecule has 1 rings (SSSR count). The number of rotatable bonds is 5. The molecule has 0 radical (unpaired) electrons. The predicted octanol–water partition coefficient (Wildman–Crippen LogP) is 0.233. The normalized spacial score (nSPS) is 19.6. The number of carbonyl (C=O) groups is 1. The number of methoxy groups -OCH3 is 1. The van der Waals surface area contributed by atoms with Gasteiger partial charge in [0.1, 0.15) is 6.04 Å². The van der Waals surface area contributed by atoms with Crippen molar-refractivity contribution in [3.05, 3.63) is 0 Å². The van der Waals surface area contributed by atoms with E-state index in [1.54, 1.807) is 0 Å². The summed E-state index contributed by atoms with van der Waals surface area (Å²) >= 11 is 0. The van der Waals surface area contributed by atoms with Crippen LogP contribution in [0.2, 0.25) is 0 Å². The molecule has 0 bridgehead atoms. The van der Waals surface area contributed by atoms with E-state index in [2.05, 4.69) is 15.0 Å². The van der Waals surface area contributed by atoms with E-state index in [1.165, 1.54) is 33.0 Å². The first-order chi connectivity index (χ1) is 6.74. The van der Waals surface area contributed by atoms with E-state index in [-0.39, 0.29) is 12.0 Å². The second-order valence-electron chi connectivity index (χ2n) is 3.75. The number of carbonyl (C=O) groups excluding carboxylic acids is 1. The number of likely N-dealkylation sites (tertiary alicyclic amines) is 1. The average Bonchev–Trinajstić information content (AvgIpc) is 2.69. The quantitative estimate of drug-likeness (QED) is 0.645. The Labute approximate surface area is 85.6 Å². The molecular weight excluding hydrogens is 180 g/mol. The molecule has 1 aliphatic heterocycles. The Morgan fingerprint density at radius 3 is 2.71 bits per heavy atom. The van der Waals surface area contributed by atoms with Gasteiger partial charge >= 0.3 is 5.97 Å². The summed E-state index contributed by atoms with van der Waals surface area (Å²) < 4.78 is 4.62. The molecule has 1 atom stereocenters. The molecule has 14 heavy (non-hydrogen) atoms. The maximum absolute atomic E-state index is 11.0. The number of hydrogen-bond acceptors (Lipinski definition) is 4. The molecule has 1 fully saturated rings. The van der Waals surface area contributed by atoms with E-state index in [0.29, 0.717) is 0 Å². The van der Waals surface area contributed by atoms with E-state index < -0.39 is 0 Å². The van der Waals surface area contributed by atoms with Crippen LogP contribution >= 0.6 is 0 Å². The lowest BCUT2D eigenvalue weighted by Crippen LogP contribution is -2.39. The van der Waals surface area contributed by atoms with Crippen molar-refractivity contribution < 1.29 is 9.53 Å². The molecule has 0 aromatic carbocycles. The van der Waals surface area contributed by atoms with E-state index in [4.69, 9.17) is 0 Å². The molecule has 0 unspecified atom stereocenters. The molecule has 1 heterocycles. The molecule has 0 amide bonds. The minimum absolute atomic E-state index is 0.188. The van der Waals surface area contributed by atoms with Crippen molar-refractivity contribution >= 4 is 5.97 Å². The van der Waals surface area contributed by atoms with Gasteiger partial charge in [-0.15, -0.1) is 0 Å². The van der Waals surface area contributed by atoms with Crippen LogP contribution in [0.15, 0.2) is 0 Å². The Morgan fingerprint density at radius 1 is 1.50 bits per heavy atom. The number of esters is 1. The van der Waals surface area contributed by atoms with Gasteiger partial charge in [-0.25, -0.2) is 0 Å². The van der Waals surface area contributed by atoms with Crippen molar-refractivity contribution in [1.29, 1.82) is 0 Å². The van der Waals surface area contributed by atoms with Gasteiger partial charge in [-0.05, 0) is 32.9 Å². The van der Waals surface area contributed by atoms with Crippen molar-refractivity contribution in [2.24, 2.45) is 0 Å². The van der Waals surface area contributed by atoms with Crippen LogP contribution in [-0.2, 0) is 9.53 Å². The van der Waals surface area contributed by atoms with Crippen LogP contribution < -0.4 is 5.32 Å². The van der Waals surface area contributed by atoms with Gasteiger partial charge in [0, 0.05) is 13.1 Å².